The van der Waals surface area contributed by atoms with E-state index in [1.165, 1.54) is 25.3 Å². The van der Waals surface area contributed by atoms with Crippen molar-refractivity contribution in [2.24, 2.45) is 0 Å². The third-order valence-corrected chi connectivity index (χ3v) is 3.96. The third kappa shape index (κ3) is 4.42. The number of nitro benzene ring substituents is 1. The number of rotatable bonds is 6. The van der Waals surface area contributed by atoms with E-state index in [0.29, 0.717) is 0 Å². The number of anilines is 1. The quantitative estimate of drug-likeness (QED) is 0.487. The first-order chi connectivity index (χ1) is 11.4. The number of methoxy groups -OCH3 is 1. The van der Waals surface area contributed by atoms with E-state index >= 15 is 0 Å². The van der Waals surface area contributed by atoms with E-state index in [1.807, 2.05) is 0 Å². The predicted octanol–water partition coefficient (Wildman–Crippen LogP) is 3.61. The Hall–Kier alpha value is -2.68. The summed E-state index contributed by atoms with van der Waals surface area (Å²) in [6, 6.07) is 6.88. The standard InChI is InChI=1S/C15H12F2N2O4S/c1-23-10-3-5-12(13(7-10)19(21)22)18-15(20)8-24-14-6-9(16)2-4-11(14)17/h2-7H,8H2,1H3,(H,18,20). The number of hydrogen-bond donors (Lipinski definition) is 1. The van der Waals surface area contributed by atoms with Gasteiger partial charge in [-0.1, -0.05) is 0 Å². The molecule has 2 aromatic rings. The Labute approximate surface area is 140 Å². The van der Waals surface area contributed by atoms with Gasteiger partial charge in [-0.05, 0) is 30.3 Å². The molecule has 0 aliphatic carbocycles. The van der Waals surface area contributed by atoms with E-state index < -0.39 is 22.5 Å². The molecule has 0 unspecified atom stereocenters. The zero-order valence-corrected chi connectivity index (χ0v) is 13.2. The molecule has 0 aromatic heterocycles. The molecule has 0 aliphatic rings. The summed E-state index contributed by atoms with van der Waals surface area (Å²) in [5, 5.41) is 13.4. The average Bonchev–Trinajstić information content (AvgIpc) is 2.55. The van der Waals surface area contributed by atoms with Gasteiger partial charge < -0.3 is 10.1 Å². The average molecular weight is 354 g/mol. The van der Waals surface area contributed by atoms with Crippen molar-refractivity contribution in [2.75, 3.05) is 18.2 Å². The smallest absolute Gasteiger partial charge is 0.296 e. The Morgan fingerprint density at radius 2 is 2.04 bits per heavy atom. The van der Waals surface area contributed by atoms with Gasteiger partial charge in [0.05, 0.1) is 23.9 Å². The van der Waals surface area contributed by atoms with E-state index in [1.54, 1.807) is 0 Å². The molecule has 0 aliphatic heterocycles. The number of ether oxygens (including phenoxy) is 1. The molecular weight excluding hydrogens is 342 g/mol. The summed E-state index contributed by atoms with van der Waals surface area (Å²) in [6.07, 6.45) is 0. The predicted molar refractivity (Wildman–Crippen MR) is 85.4 cm³/mol. The van der Waals surface area contributed by atoms with Gasteiger partial charge in [0.25, 0.3) is 5.69 Å². The summed E-state index contributed by atoms with van der Waals surface area (Å²) in [4.78, 5) is 22.3. The molecule has 1 amide bonds. The minimum absolute atomic E-state index is 0.00823. The number of benzene rings is 2. The zero-order chi connectivity index (χ0) is 17.7. The van der Waals surface area contributed by atoms with Crippen LogP contribution in [0.4, 0.5) is 20.2 Å². The van der Waals surface area contributed by atoms with Gasteiger partial charge in [0, 0.05) is 4.90 Å². The van der Waals surface area contributed by atoms with Gasteiger partial charge in [-0.3, -0.25) is 14.9 Å². The number of hydrogen-bond acceptors (Lipinski definition) is 5. The van der Waals surface area contributed by atoms with Gasteiger partial charge in [0.15, 0.2) is 0 Å². The Balaban J connectivity index is 2.07. The summed E-state index contributed by atoms with van der Waals surface area (Å²) < 4.78 is 31.4. The highest BCUT2D eigenvalue weighted by Crippen LogP contribution is 2.29. The Kier molecular flexibility index (Phi) is 5.69. The molecule has 0 saturated carbocycles. The van der Waals surface area contributed by atoms with E-state index in [-0.39, 0.29) is 27.8 Å². The van der Waals surface area contributed by atoms with Gasteiger partial charge in [0.1, 0.15) is 23.1 Å². The molecule has 24 heavy (non-hydrogen) atoms. The number of amides is 1. The number of halogens is 2. The van der Waals surface area contributed by atoms with Crippen molar-refractivity contribution < 1.29 is 23.2 Å². The van der Waals surface area contributed by atoms with Crippen LogP contribution < -0.4 is 10.1 Å². The lowest BCUT2D eigenvalue weighted by Crippen LogP contribution is -2.15. The molecule has 0 radical (unpaired) electrons. The highest BCUT2D eigenvalue weighted by molar-refractivity contribution is 8.00. The van der Waals surface area contributed by atoms with Crippen LogP contribution in [0.25, 0.3) is 0 Å². The van der Waals surface area contributed by atoms with Crippen molar-refractivity contribution in [3.8, 4) is 5.75 Å². The van der Waals surface area contributed by atoms with Gasteiger partial charge in [-0.2, -0.15) is 0 Å². The fraction of sp³-hybridized carbons (Fsp3) is 0.133. The van der Waals surface area contributed by atoms with Crippen LogP contribution in [-0.2, 0) is 4.79 Å². The molecule has 6 nitrogen and oxygen atoms in total. The van der Waals surface area contributed by atoms with Crippen molar-refractivity contribution in [3.63, 3.8) is 0 Å². The van der Waals surface area contributed by atoms with Crippen LogP contribution >= 0.6 is 11.8 Å². The largest absolute Gasteiger partial charge is 0.496 e. The van der Waals surface area contributed by atoms with Crippen LogP contribution in [0.1, 0.15) is 0 Å². The van der Waals surface area contributed by atoms with Gasteiger partial charge >= 0.3 is 0 Å². The second kappa shape index (κ2) is 7.73. The van der Waals surface area contributed by atoms with Crippen molar-refractivity contribution in [1.29, 1.82) is 0 Å². The maximum atomic E-state index is 13.5. The minimum atomic E-state index is -0.655. The number of carbonyl (C=O) groups excluding carboxylic acids is 1. The molecule has 0 bridgehead atoms. The second-order valence-electron chi connectivity index (χ2n) is 4.55. The minimum Gasteiger partial charge on any atom is -0.496 e. The molecule has 1 N–H and O–H groups in total. The number of carbonyl (C=O) groups is 1. The SMILES string of the molecule is COc1ccc(NC(=O)CSc2cc(F)ccc2F)c([N+](=O)[O-])c1. The van der Waals surface area contributed by atoms with Gasteiger partial charge in [-0.25, -0.2) is 8.78 Å². The van der Waals surface area contributed by atoms with Crippen molar-refractivity contribution in [2.45, 2.75) is 4.90 Å². The van der Waals surface area contributed by atoms with Gasteiger partial charge in [-0.15, -0.1) is 11.8 Å². The van der Waals surface area contributed by atoms with E-state index in [4.69, 9.17) is 4.74 Å². The maximum Gasteiger partial charge on any atom is 0.296 e. The van der Waals surface area contributed by atoms with Crippen LogP contribution in [0.5, 0.6) is 5.75 Å². The lowest BCUT2D eigenvalue weighted by atomic mass is 10.2. The molecular formula is C15H12F2N2O4S. The molecule has 2 rings (SSSR count). The first-order valence-corrected chi connectivity index (χ1v) is 7.59. The number of nitro groups is 1. The summed E-state index contributed by atoms with van der Waals surface area (Å²) >= 11 is 0.789. The molecule has 126 valence electrons. The molecule has 9 heteroatoms. The topological polar surface area (TPSA) is 81.5 Å². The fourth-order valence-electron chi connectivity index (χ4n) is 1.81. The lowest BCUT2D eigenvalue weighted by Gasteiger charge is -2.08. The summed E-state index contributed by atoms with van der Waals surface area (Å²) in [6.45, 7) is 0. The van der Waals surface area contributed by atoms with Crippen LogP contribution in [0.2, 0.25) is 0 Å². The highest BCUT2D eigenvalue weighted by atomic mass is 32.2. The van der Waals surface area contributed by atoms with Crippen molar-refractivity contribution >= 4 is 29.0 Å². The molecule has 0 atom stereocenters. The first-order valence-electron chi connectivity index (χ1n) is 6.61. The molecule has 2 aromatic carbocycles. The monoisotopic (exact) mass is 354 g/mol. The van der Waals surface area contributed by atoms with E-state index in [0.717, 1.165) is 30.0 Å². The third-order valence-electron chi connectivity index (χ3n) is 2.93. The van der Waals surface area contributed by atoms with E-state index in [9.17, 15) is 23.7 Å². The summed E-state index contributed by atoms with van der Waals surface area (Å²) in [7, 11) is 1.36. The molecule has 0 fully saturated rings. The number of nitrogens with zero attached hydrogens (tertiary/aromatic N) is 1. The van der Waals surface area contributed by atoms with Crippen LogP contribution in [-0.4, -0.2) is 23.7 Å². The summed E-state index contributed by atoms with van der Waals surface area (Å²) in [5.74, 6) is -1.81. The second-order valence-corrected chi connectivity index (χ2v) is 5.57. The molecule has 0 heterocycles. The Bertz CT molecular complexity index is 786. The Morgan fingerprint density at radius 3 is 2.71 bits per heavy atom. The van der Waals surface area contributed by atoms with Crippen molar-refractivity contribution in [3.05, 3.63) is 58.1 Å². The normalized spacial score (nSPS) is 10.3. The zero-order valence-electron chi connectivity index (χ0n) is 12.4. The molecule has 0 spiro atoms. The lowest BCUT2D eigenvalue weighted by molar-refractivity contribution is -0.384. The van der Waals surface area contributed by atoms with Crippen LogP contribution in [0.3, 0.4) is 0 Å². The Morgan fingerprint density at radius 1 is 1.29 bits per heavy atom. The number of thioether (sulfide) groups is 1. The van der Waals surface area contributed by atoms with Crippen LogP contribution in [0.15, 0.2) is 41.3 Å². The fourth-order valence-corrected chi connectivity index (χ4v) is 2.57. The highest BCUT2D eigenvalue weighted by Gasteiger charge is 2.17. The van der Waals surface area contributed by atoms with E-state index in [2.05, 4.69) is 5.32 Å². The first kappa shape index (κ1) is 17.7. The maximum absolute atomic E-state index is 13.5. The van der Waals surface area contributed by atoms with Crippen LogP contribution in [0, 0.1) is 21.7 Å². The summed E-state index contributed by atoms with van der Waals surface area (Å²) in [5.41, 5.74) is -0.337. The van der Waals surface area contributed by atoms with Crippen molar-refractivity contribution in [1.82, 2.24) is 0 Å². The van der Waals surface area contributed by atoms with Gasteiger partial charge in [0.2, 0.25) is 5.91 Å². The molecule has 0 saturated heterocycles. The number of nitrogens with one attached hydrogen (secondary N) is 1.